The molecule has 0 radical (unpaired) electrons. The standard InChI is InChI=1S/C8H7NO3/c10-6-7-2-1-3-9(4-7)5-8(11)12/h1-3H,4-5H2/p+1. The normalized spacial score (nSPS) is 15.3. The van der Waals surface area contributed by atoms with Gasteiger partial charge in [0.05, 0.1) is 0 Å². The van der Waals surface area contributed by atoms with Crippen LogP contribution in [0.25, 0.3) is 0 Å². The predicted octanol–water partition coefficient (Wildman–Crippen LogP) is -0.518. The predicted molar refractivity (Wildman–Crippen MR) is 42.0 cm³/mol. The summed E-state index contributed by atoms with van der Waals surface area (Å²) in [5, 5.41) is 8.43. The molecule has 1 aliphatic rings. The molecule has 1 heterocycles. The van der Waals surface area contributed by atoms with Gasteiger partial charge in [-0.15, -0.1) is 0 Å². The minimum Gasteiger partial charge on any atom is -0.477 e. The van der Waals surface area contributed by atoms with Crippen molar-refractivity contribution in [1.82, 2.24) is 0 Å². The molecule has 0 aromatic carbocycles. The lowest BCUT2D eigenvalue weighted by Gasteiger charge is -2.01. The summed E-state index contributed by atoms with van der Waals surface area (Å²) in [6.07, 6.45) is 4.88. The Morgan fingerprint density at radius 1 is 1.75 bits per heavy atom. The summed E-state index contributed by atoms with van der Waals surface area (Å²) in [5.74, 6) is 0.822. The Bertz CT molecular complexity index is 308. The average Bonchev–Trinajstić information content (AvgIpc) is 2.03. The van der Waals surface area contributed by atoms with Crippen molar-refractivity contribution in [2.45, 2.75) is 0 Å². The van der Waals surface area contributed by atoms with Gasteiger partial charge in [0, 0.05) is 6.08 Å². The maximum Gasteiger partial charge on any atom is 0.369 e. The van der Waals surface area contributed by atoms with E-state index >= 15 is 0 Å². The van der Waals surface area contributed by atoms with E-state index in [1.54, 1.807) is 24.3 Å². The van der Waals surface area contributed by atoms with Crippen LogP contribution in [0.5, 0.6) is 0 Å². The minimum absolute atomic E-state index is 0.0878. The van der Waals surface area contributed by atoms with Crippen LogP contribution in [0.1, 0.15) is 0 Å². The van der Waals surface area contributed by atoms with E-state index in [9.17, 15) is 9.59 Å². The average molecular weight is 166 g/mol. The van der Waals surface area contributed by atoms with Crippen LogP contribution in [0.3, 0.4) is 0 Å². The Hall–Kier alpha value is -1.67. The number of hydrogen-bond donors (Lipinski definition) is 1. The molecule has 0 spiro atoms. The Morgan fingerprint density at radius 3 is 3.08 bits per heavy atom. The SMILES string of the molecule is O=C=C1C=CC=[N+](CC(=O)O)C1. The zero-order valence-corrected chi connectivity index (χ0v) is 6.36. The number of hydrogen-bond acceptors (Lipinski definition) is 2. The second-order valence-corrected chi connectivity index (χ2v) is 2.43. The van der Waals surface area contributed by atoms with Crippen LogP contribution >= 0.6 is 0 Å². The smallest absolute Gasteiger partial charge is 0.369 e. The molecule has 0 bridgehead atoms. The number of allylic oxidation sites excluding steroid dienone is 1. The molecule has 0 saturated carbocycles. The van der Waals surface area contributed by atoms with E-state index in [4.69, 9.17) is 5.11 Å². The quantitative estimate of drug-likeness (QED) is 0.443. The van der Waals surface area contributed by atoms with Crippen molar-refractivity contribution in [3.05, 3.63) is 17.7 Å². The van der Waals surface area contributed by atoms with Gasteiger partial charge in [0.15, 0.2) is 12.8 Å². The van der Waals surface area contributed by atoms with E-state index in [0.717, 1.165) is 0 Å². The fourth-order valence-electron chi connectivity index (χ4n) is 0.954. The van der Waals surface area contributed by atoms with Crippen molar-refractivity contribution in [2.75, 3.05) is 13.1 Å². The fourth-order valence-corrected chi connectivity index (χ4v) is 0.954. The number of nitrogens with zero attached hydrogens (tertiary/aromatic N) is 1. The van der Waals surface area contributed by atoms with Gasteiger partial charge in [-0.25, -0.2) is 14.2 Å². The van der Waals surface area contributed by atoms with Crippen LogP contribution in [-0.2, 0) is 9.59 Å². The van der Waals surface area contributed by atoms with E-state index in [-0.39, 0.29) is 6.54 Å². The van der Waals surface area contributed by atoms with Gasteiger partial charge in [0.1, 0.15) is 11.5 Å². The third-order valence-corrected chi connectivity index (χ3v) is 1.44. The number of carboxylic acid groups (broad SMARTS) is 1. The molecule has 0 aliphatic carbocycles. The third-order valence-electron chi connectivity index (χ3n) is 1.44. The number of carbonyl (C=O) groups excluding carboxylic acids is 1. The molecule has 4 nitrogen and oxygen atoms in total. The Balaban J connectivity index is 2.69. The molecule has 1 aliphatic heterocycles. The molecule has 12 heavy (non-hydrogen) atoms. The van der Waals surface area contributed by atoms with Gasteiger partial charge in [0.2, 0.25) is 6.54 Å². The summed E-state index contributed by atoms with van der Waals surface area (Å²) in [6.45, 7) is 0.238. The fraction of sp³-hybridized carbons (Fsp3) is 0.250. The maximum absolute atomic E-state index is 10.3. The van der Waals surface area contributed by atoms with Crippen LogP contribution < -0.4 is 0 Å². The summed E-state index contributed by atoms with van der Waals surface area (Å²) in [6, 6.07) is 0. The first-order valence-electron chi connectivity index (χ1n) is 3.43. The second kappa shape index (κ2) is 3.64. The van der Waals surface area contributed by atoms with Crippen LogP contribution in [-0.4, -0.2) is 40.9 Å². The zero-order chi connectivity index (χ0) is 8.97. The highest BCUT2D eigenvalue weighted by Crippen LogP contribution is 1.96. The first kappa shape index (κ1) is 8.43. The Morgan fingerprint density at radius 2 is 2.50 bits per heavy atom. The van der Waals surface area contributed by atoms with Crippen LogP contribution in [0.15, 0.2) is 17.7 Å². The largest absolute Gasteiger partial charge is 0.477 e. The lowest BCUT2D eigenvalue weighted by molar-refractivity contribution is -0.505. The second-order valence-electron chi connectivity index (χ2n) is 2.43. The van der Waals surface area contributed by atoms with Crippen molar-refractivity contribution < 1.29 is 19.3 Å². The van der Waals surface area contributed by atoms with Crippen LogP contribution in [0.4, 0.5) is 0 Å². The van der Waals surface area contributed by atoms with Gasteiger partial charge in [-0.3, -0.25) is 0 Å². The first-order chi connectivity index (χ1) is 5.72. The number of carbonyl (C=O) groups is 1. The highest BCUT2D eigenvalue weighted by molar-refractivity contribution is 5.74. The first-order valence-corrected chi connectivity index (χ1v) is 3.43. The topological polar surface area (TPSA) is 57.4 Å². The molecule has 1 rings (SSSR count). The molecule has 0 saturated heterocycles. The molecular weight excluding hydrogens is 158 g/mol. The molecule has 0 aromatic heterocycles. The van der Waals surface area contributed by atoms with E-state index in [1.807, 2.05) is 0 Å². The molecule has 0 aromatic rings. The summed E-state index contributed by atoms with van der Waals surface area (Å²) >= 11 is 0. The van der Waals surface area contributed by atoms with Gasteiger partial charge >= 0.3 is 5.97 Å². The van der Waals surface area contributed by atoms with Crippen molar-refractivity contribution in [3.8, 4) is 0 Å². The van der Waals surface area contributed by atoms with Crippen LogP contribution in [0, 0.1) is 0 Å². The summed E-state index contributed by atoms with van der Waals surface area (Å²) in [5.41, 5.74) is 0.471. The van der Waals surface area contributed by atoms with Crippen LogP contribution in [0.2, 0.25) is 0 Å². The van der Waals surface area contributed by atoms with E-state index < -0.39 is 5.97 Å². The summed E-state index contributed by atoms with van der Waals surface area (Å²) < 4.78 is 1.53. The maximum atomic E-state index is 10.3. The summed E-state index contributed by atoms with van der Waals surface area (Å²) in [4.78, 5) is 20.5. The highest BCUT2D eigenvalue weighted by atomic mass is 16.4. The molecule has 0 unspecified atom stereocenters. The van der Waals surface area contributed by atoms with E-state index in [1.165, 1.54) is 4.58 Å². The van der Waals surface area contributed by atoms with Gasteiger partial charge < -0.3 is 5.11 Å². The minimum atomic E-state index is -0.910. The molecule has 62 valence electrons. The Kier molecular flexibility index (Phi) is 2.56. The van der Waals surface area contributed by atoms with Crippen molar-refractivity contribution in [1.29, 1.82) is 0 Å². The Labute approximate surface area is 69.1 Å². The van der Waals surface area contributed by atoms with E-state index in [2.05, 4.69) is 0 Å². The summed E-state index contributed by atoms with van der Waals surface area (Å²) in [7, 11) is 0. The molecule has 0 fully saturated rings. The molecule has 4 heteroatoms. The number of carboxylic acids is 1. The number of aliphatic carboxylic acids is 1. The van der Waals surface area contributed by atoms with Crippen molar-refractivity contribution >= 4 is 18.1 Å². The number of rotatable bonds is 2. The highest BCUT2D eigenvalue weighted by Gasteiger charge is 2.13. The van der Waals surface area contributed by atoms with Gasteiger partial charge in [-0.1, -0.05) is 0 Å². The van der Waals surface area contributed by atoms with Crippen molar-refractivity contribution in [2.24, 2.45) is 0 Å². The molecule has 0 amide bonds. The van der Waals surface area contributed by atoms with E-state index in [0.29, 0.717) is 12.1 Å². The zero-order valence-electron chi connectivity index (χ0n) is 6.36. The van der Waals surface area contributed by atoms with Gasteiger partial charge in [-0.05, 0) is 6.08 Å². The monoisotopic (exact) mass is 166 g/mol. The van der Waals surface area contributed by atoms with Gasteiger partial charge in [-0.2, -0.15) is 0 Å². The molecular formula is C8H8NO3+. The van der Waals surface area contributed by atoms with Crippen molar-refractivity contribution in [3.63, 3.8) is 0 Å². The van der Waals surface area contributed by atoms with Gasteiger partial charge in [0.25, 0.3) is 0 Å². The lowest BCUT2D eigenvalue weighted by atomic mass is 10.2. The molecule has 0 atom stereocenters. The molecule has 1 N–H and O–H groups in total. The lowest BCUT2D eigenvalue weighted by Crippen LogP contribution is -2.24. The third kappa shape index (κ3) is 2.18.